The second-order valence-corrected chi connectivity index (χ2v) is 7.02. The molecule has 6 nitrogen and oxygen atoms in total. The Bertz CT molecular complexity index is 1010. The first-order valence-electron chi connectivity index (χ1n) is 8.96. The summed E-state index contributed by atoms with van der Waals surface area (Å²) < 4.78 is 45.8. The minimum absolute atomic E-state index is 0.0680. The number of nitrogens with one attached hydrogen (secondary N) is 3. The van der Waals surface area contributed by atoms with E-state index in [1.54, 1.807) is 12.1 Å². The van der Waals surface area contributed by atoms with Crippen LogP contribution in [0.4, 0.5) is 30.6 Å². The fourth-order valence-electron chi connectivity index (χ4n) is 3.10. The van der Waals surface area contributed by atoms with E-state index in [2.05, 4.69) is 31.7 Å². The Morgan fingerprint density at radius 1 is 1.32 bits per heavy atom. The highest BCUT2D eigenvalue weighted by Gasteiger charge is 2.35. The molecular weight excluding hydrogens is 371 g/mol. The molecule has 0 unspecified atom stereocenters. The molecule has 1 aliphatic rings. The summed E-state index contributed by atoms with van der Waals surface area (Å²) in [6.07, 6.45) is -2.83. The summed E-state index contributed by atoms with van der Waals surface area (Å²) in [5.74, 6) is 1.22. The normalized spacial score (nSPS) is 13.6. The van der Waals surface area contributed by atoms with Gasteiger partial charge in [-0.2, -0.15) is 23.1 Å². The molecule has 147 valence electrons. The van der Waals surface area contributed by atoms with Crippen LogP contribution in [0.25, 0.3) is 11.0 Å². The van der Waals surface area contributed by atoms with Gasteiger partial charge in [-0.05, 0) is 18.1 Å². The Labute approximate surface area is 159 Å². The Balaban J connectivity index is 1.77. The number of halogens is 3. The quantitative estimate of drug-likeness (QED) is 0.597. The molecule has 0 aliphatic carbocycles. The summed E-state index contributed by atoms with van der Waals surface area (Å²) in [6.45, 7) is 4.98. The van der Waals surface area contributed by atoms with Gasteiger partial charge >= 0.3 is 6.18 Å². The third-order valence-electron chi connectivity index (χ3n) is 4.39. The molecule has 3 heterocycles. The number of hydrogen-bond acceptors (Lipinski definition) is 5. The van der Waals surface area contributed by atoms with Crippen molar-refractivity contribution in [1.82, 2.24) is 15.0 Å². The van der Waals surface area contributed by atoms with Gasteiger partial charge in [0.25, 0.3) is 0 Å². The van der Waals surface area contributed by atoms with E-state index in [0.717, 1.165) is 18.2 Å². The van der Waals surface area contributed by atoms with Crippen molar-refractivity contribution in [3.63, 3.8) is 0 Å². The Hall–Kier alpha value is -2.97. The SMILES string of the molecule is CC(C)CNc1nc(Nc2cc[c]c3c2OCC3)nc2[nH]cc(C(F)(F)F)c12. The minimum atomic E-state index is -4.51. The third-order valence-corrected chi connectivity index (χ3v) is 4.39. The Morgan fingerprint density at radius 3 is 2.89 bits per heavy atom. The average Bonchev–Trinajstić information content (AvgIpc) is 3.26. The van der Waals surface area contributed by atoms with Crippen molar-refractivity contribution in [2.24, 2.45) is 5.92 Å². The first-order valence-corrected chi connectivity index (χ1v) is 8.96. The van der Waals surface area contributed by atoms with Crippen molar-refractivity contribution in [3.8, 4) is 5.75 Å². The van der Waals surface area contributed by atoms with Crippen molar-refractivity contribution < 1.29 is 17.9 Å². The number of hydrogen-bond donors (Lipinski definition) is 3. The molecule has 1 radical (unpaired) electrons. The number of H-pyrrole nitrogens is 1. The number of anilines is 3. The molecular formula is C19H19F3N5O. The van der Waals surface area contributed by atoms with Gasteiger partial charge < -0.3 is 20.4 Å². The van der Waals surface area contributed by atoms with Crippen molar-refractivity contribution in [2.45, 2.75) is 26.4 Å². The molecule has 9 heteroatoms. The number of alkyl halides is 3. The number of nitrogens with zero attached hydrogens (tertiary/aromatic N) is 2. The summed E-state index contributed by atoms with van der Waals surface area (Å²) in [5, 5.41) is 6.01. The highest BCUT2D eigenvalue weighted by atomic mass is 19.4. The highest BCUT2D eigenvalue weighted by Crippen LogP contribution is 2.39. The van der Waals surface area contributed by atoms with Gasteiger partial charge in [0.15, 0.2) is 0 Å². The summed E-state index contributed by atoms with van der Waals surface area (Å²) in [6, 6.07) is 6.66. The zero-order chi connectivity index (χ0) is 19.9. The molecule has 2 aromatic heterocycles. The molecule has 0 spiro atoms. The van der Waals surface area contributed by atoms with E-state index in [1.807, 2.05) is 13.8 Å². The van der Waals surface area contributed by atoms with Gasteiger partial charge in [-0.3, -0.25) is 0 Å². The number of fused-ring (bicyclic) bond motifs is 2. The van der Waals surface area contributed by atoms with Crippen molar-refractivity contribution >= 4 is 28.5 Å². The first-order chi connectivity index (χ1) is 13.3. The van der Waals surface area contributed by atoms with Crippen LogP contribution in [-0.2, 0) is 12.6 Å². The smallest absolute Gasteiger partial charge is 0.418 e. The fraction of sp³-hybridized carbons (Fsp3) is 0.368. The van der Waals surface area contributed by atoms with Gasteiger partial charge in [-0.15, -0.1) is 0 Å². The van der Waals surface area contributed by atoms with Gasteiger partial charge in [0.05, 0.1) is 23.2 Å². The first kappa shape index (κ1) is 18.4. The lowest BCUT2D eigenvalue weighted by atomic mass is 10.1. The third kappa shape index (κ3) is 3.44. The predicted molar refractivity (Wildman–Crippen MR) is 100.0 cm³/mol. The molecule has 0 fully saturated rings. The van der Waals surface area contributed by atoms with E-state index in [0.29, 0.717) is 24.6 Å². The van der Waals surface area contributed by atoms with E-state index < -0.39 is 11.7 Å². The molecule has 1 aromatic carbocycles. The van der Waals surface area contributed by atoms with Crippen LogP contribution in [-0.4, -0.2) is 28.1 Å². The van der Waals surface area contributed by atoms with Gasteiger partial charge in [0.1, 0.15) is 17.2 Å². The molecule has 0 saturated heterocycles. The van der Waals surface area contributed by atoms with Crippen LogP contribution < -0.4 is 15.4 Å². The van der Waals surface area contributed by atoms with E-state index >= 15 is 0 Å². The maximum Gasteiger partial charge on any atom is 0.418 e. The van der Waals surface area contributed by atoms with Gasteiger partial charge in [-0.1, -0.05) is 19.9 Å². The Morgan fingerprint density at radius 2 is 2.14 bits per heavy atom. The molecule has 3 aromatic rings. The summed E-state index contributed by atoms with van der Waals surface area (Å²) in [5.41, 5.74) is 0.918. The lowest BCUT2D eigenvalue weighted by molar-refractivity contribution is -0.136. The lowest BCUT2D eigenvalue weighted by Gasteiger charge is -2.14. The van der Waals surface area contributed by atoms with Crippen LogP contribution in [0.5, 0.6) is 5.75 Å². The molecule has 4 rings (SSSR count). The van der Waals surface area contributed by atoms with Crippen LogP contribution >= 0.6 is 0 Å². The number of rotatable bonds is 5. The zero-order valence-electron chi connectivity index (χ0n) is 15.4. The summed E-state index contributed by atoms with van der Waals surface area (Å²) in [4.78, 5) is 11.2. The monoisotopic (exact) mass is 390 g/mol. The van der Waals surface area contributed by atoms with Crippen LogP contribution in [0.2, 0.25) is 0 Å². The zero-order valence-corrected chi connectivity index (χ0v) is 15.4. The topological polar surface area (TPSA) is 74.9 Å². The summed E-state index contributed by atoms with van der Waals surface area (Å²) in [7, 11) is 0. The summed E-state index contributed by atoms with van der Waals surface area (Å²) >= 11 is 0. The molecule has 0 bridgehead atoms. The lowest BCUT2D eigenvalue weighted by Crippen LogP contribution is -2.12. The second kappa shape index (κ2) is 6.88. The molecule has 3 N–H and O–H groups in total. The second-order valence-electron chi connectivity index (χ2n) is 7.02. The standard InChI is InChI=1S/C19H19F3N5O/c1-10(2)8-23-16-14-12(19(20,21)22)9-24-17(14)27-18(26-16)25-13-5-3-4-11-6-7-28-15(11)13/h3,5,9-10H,6-8H2,1-2H3,(H3,23,24,25,26,27). The molecule has 0 saturated carbocycles. The van der Waals surface area contributed by atoms with E-state index in [1.165, 1.54) is 0 Å². The Kier molecular flexibility index (Phi) is 4.52. The van der Waals surface area contributed by atoms with Gasteiger partial charge in [0.2, 0.25) is 5.95 Å². The molecule has 0 amide bonds. The van der Waals surface area contributed by atoms with Gasteiger partial charge in [-0.25, -0.2) is 0 Å². The predicted octanol–water partition coefficient (Wildman–Crippen LogP) is 4.52. The van der Waals surface area contributed by atoms with Crippen LogP contribution in [0, 0.1) is 12.0 Å². The average molecular weight is 390 g/mol. The van der Waals surface area contributed by atoms with Crippen LogP contribution in [0.1, 0.15) is 25.0 Å². The molecule has 1 aliphatic heterocycles. The molecule has 28 heavy (non-hydrogen) atoms. The maximum atomic E-state index is 13.4. The molecule has 0 atom stereocenters. The number of ether oxygens (including phenoxy) is 1. The number of aromatic amines is 1. The van der Waals surface area contributed by atoms with Gasteiger partial charge in [0, 0.05) is 24.7 Å². The number of benzene rings is 1. The maximum absolute atomic E-state index is 13.4. The van der Waals surface area contributed by atoms with E-state index in [-0.39, 0.29) is 28.7 Å². The van der Waals surface area contributed by atoms with Crippen LogP contribution in [0.15, 0.2) is 18.3 Å². The largest absolute Gasteiger partial charge is 0.491 e. The number of aromatic nitrogens is 3. The highest BCUT2D eigenvalue weighted by molar-refractivity contribution is 5.92. The van der Waals surface area contributed by atoms with Crippen molar-refractivity contribution in [1.29, 1.82) is 0 Å². The van der Waals surface area contributed by atoms with E-state index in [4.69, 9.17) is 4.74 Å². The van der Waals surface area contributed by atoms with E-state index in [9.17, 15) is 13.2 Å². The van der Waals surface area contributed by atoms with Crippen molar-refractivity contribution in [2.75, 3.05) is 23.8 Å². The van der Waals surface area contributed by atoms with Crippen LogP contribution in [0.3, 0.4) is 0 Å². The minimum Gasteiger partial charge on any atom is -0.491 e. The van der Waals surface area contributed by atoms with Crippen molar-refractivity contribution in [3.05, 3.63) is 35.5 Å². The fourth-order valence-corrected chi connectivity index (χ4v) is 3.10.